The average molecular weight is 304 g/mol. The van der Waals surface area contributed by atoms with E-state index in [4.69, 9.17) is 9.47 Å². The Kier molecular flexibility index (Phi) is 3.64. The minimum absolute atomic E-state index is 0.0706. The molecule has 0 bridgehead atoms. The van der Waals surface area contributed by atoms with Crippen LogP contribution in [0.15, 0.2) is 84.5 Å². The lowest BCUT2D eigenvalue weighted by Gasteiger charge is -2.32. The van der Waals surface area contributed by atoms with Crippen LogP contribution < -0.4 is 0 Å². The van der Waals surface area contributed by atoms with E-state index in [-0.39, 0.29) is 12.4 Å². The van der Waals surface area contributed by atoms with Gasteiger partial charge < -0.3 is 9.47 Å². The molecule has 0 amide bonds. The van der Waals surface area contributed by atoms with Gasteiger partial charge in [-0.15, -0.1) is 0 Å². The Bertz CT molecular complexity index is 691. The fourth-order valence-electron chi connectivity index (χ4n) is 3.52. The Morgan fingerprint density at radius 3 is 2.04 bits per heavy atom. The molecule has 2 nitrogen and oxygen atoms in total. The van der Waals surface area contributed by atoms with Crippen molar-refractivity contribution in [2.45, 2.75) is 31.3 Å². The third kappa shape index (κ3) is 2.35. The molecule has 0 spiro atoms. The fourth-order valence-corrected chi connectivity index (χ4v) is 3.52. The number of rotatable bonds is 3. The summed E-state index contributed by atoms with van der Waals surface area (Å²) >= 11 is 0. The van der Waals surface area contributed by atoms with E-state index in [1.54, 1.807) is 0 Å². The monoisotopic (exact) mass is 304 g/mol. The second kappa shape index (κ2) is 5.80. The fraction of sp³-hybridized carbons (Fsp3) is 0.238. The van der Waals surface area contributed by atoms with Crippen molar-refractivity contribution < 1.29 is 9.47 Å². The molecule has 1 heterocycles. The Hall–Kier alpha value is -2.16. The van der Waals surface area contributed by atoms with E-state index >= 15 is 0 Å². The van der Waals surface area contributed by atoms with Crippen LogP contribution in [-0.2, 0) is 15.1 Å². The molecule has 1 fully saturated rings. The van der Waals surface area contributed by atoms with Crippen molar-refractivity contribution in [1.29, 1.82) is 0 Å². The van der Waals surface area contributed by atoms with Crippen molar-refractivity contribution in [2.75, 3.05) is 0 Å². The van der Waals surface area contributed by atoms with Gasteiger partial charge in [-0.1, -0.05) is 78.9 Å². The highest BCUT2D eigenvalue weighted by molar-refractivity contribution is 5.40. The van der Waals surface area contributed by atoms with E-state index in [0.717, 1.165) is 17.5 Å². The predicted octanol–water partition coefficient (Wildman–Crippen LogP) is 4.58. The van der Waals surface area contributed by atoms with Crippen LogP contribution in [0, 0.1) is 0 Å². The van der Waals surface area contributed by atoms with Crippen LogP contribution in [0.1, 0.15) is 24.5 Å². The highest BCUT2D eigenvalue weighted by Crippen LogP contribution is 2.46. The highest BCUT2D eigenvalue weighted by atomic mass is 16.7. The zero-order valence-corrected chi connectivity index (χ0v) is 13.2. The Morgan fingerprint density at radius 2 is 1.52 bits per heavy atom. The van der Waals surface area contributed by atoms with Crippen LogP contribution in [0.25, 0.3) is 0 Å². The number of benzene rings is 2. The van der Waals surface area contributed by atoms with Gasteiger partial charge in [0, 0.05) is 0 Å². The quantitative estimate of drug-likeness (QED) is 0.826. The van der Waals surface area contributed by atoms with E-state index in [0.29, 0.717) is 0 Å². The molecular formula is C21H20O2. The molecule has 0 aromatic heterocycles. The number of allylic oxidation sites excluding steroid dienone is 3. The Morgan fingerprint density at radius 1 is 0.913 bits per heavy atom. The summed E-state index contributed by atoms with van der Waals surface area (Å²) in [4.78, 5) is 0. The maximum absolute atomic E-state index is 6.59. The minimum Gasteiger partial charge on any atom is -0.342 e. The van der Waals surface area contributed by atoms with Crippen LogP contribution >= 0.6 is 0 Å². The van der Waals surface area contributed by atoms with Crippen molar-refractivity contribution in [2.24, 2.45) is 0 Å². The summed E-state index contributed by atoms with van der Waals surface area (Å²) in [5.41, 5.74) is 2.88. The summed E-state index contributed by atoms with van der Waals surface area (Å²) in [7, 11) is 0. The molecule has 4 rings (SSSR count). The molecule has 23 heavy (non-hydrogen) atoms. The zero-order valence-electron chi connectivity index (χ0n) is 13.2. The van der Waals surface area contributed by atoms with Gasteiger partial charge in [-0.05, 0) is 30.0 Å². The molecule has 0 N–H and O–H groups in total. The predicted molar refractivity (Wildman–Crippen MR) is 90.9 cm³/mol. The summed E-state index contributed by atoms with van der Waals surface area (Å²) in [5.74, 6) is 0. The largest absolute Gasteiger partial charge is 0.342 e. The summed E-state index contributed by atoms with van der Waals surface area (Å²) in [6.07, 6.45) is 6.84. The SMILES string of the molecule is C[C@@H]1O[C@@H](C2=CC=CC2)OC1(c1ccccc1)c1ccccc1. The van der Waals surface area contributed by atoms with Crippen molar-refractivity contribution >= 4 is 0 Å². The van der Waals surface area contributed by atoms with Gasteiger partial charge in [0.2, 0.25) is 0 Å². The van der Waals surface area contributed by atoms with Crippen LogP contribution in [-0.4, -0.2) is 12.4 Å². The van der Waals surface area contributed by atoms with Crippen LogP contribution in [0.4, 0.5) is 0 Å². The normalized spacial score (nSPS) is 25.5. The van der Waals surface area contributed by atoms with E-state index in [1.807, 2.05) is 12.1 Å². The summed E-state index contributed by atoms with van der Waals surface area (Å²) in [6.45, 7) is 2.10. The van der Waals surface area contributed by atoms with Crippen molar-refractivity contribution in [3.63, 3.8) is 0 Å². The Balaban J connectivity index is 1.81. The number of ether oxygens (including phenoxy) is 2. The lowest BCUT2D eigenvalue weighted by molar-refractivity contribution is -0.0551. The lowest BCUT2D eigenvalue weighted by atomic mass is 9.82. The molecule has 2 aromatic rings. The first-order chi connectivity index (χ1) is 11.3. The molecule has 2 heteroatoms. The van der Waals surface area contributed by atoms with Crippen LogP contribution in [0.2, 0.25) is 0 Å². The van der Waals surface area contributed by atoms with Crippen molar-refractivity contribution in [1.82, 2.24) is 0 Å². The third-order valence-electron chi connectivity index (χ3n) is 4.70. The second-order valence-corrected chi connectivity index (χ2v) is 6.07. The first kappa shape index (κ1) is 14.4. The molecule has 2 atom stereocenters. The van der Waals surface area contributed by atoms with Gasteiger partial charge in [0.15, 0.2) is 6.29 Å². The van der Waals surface area contributed by atoms with Gasteiger partial charge in [0.25, 0.3) is 0 Å². The topological polar surface area (TPSA) is 18.5 Å². The molecule has 116 valence electrons. The van der Waals surface area contributed by atoms with Gasteiger partial charge in [0.1, 0.15) is 5.60 Å². The molecule has 0 saturated carbocycles. The smallest absolute Gasteiger partial charge is 0.182 e. The van der Waals surface area contributed by atoms with Crippen LogP contribution in [0.5, 0.6) is 0 Å². The lowest BCUT2D eigenvalue weighted by Crippen LogP contribution is -2.36. The molecule has 2 aromatic carbocycles. The molecule has 0 radical (unpaired) electrons. The van der Waals surface area contributed by atoms with Crippen molar-refractivity contribution in [3.8, 4) is 0 Å². The van der Waals surface area contributed by atoms with E-state index in [2.05, 4.69) is 73.7 Å². The molecule has 2 aliphatic rings. The maximum Gasteiger partial charge on any atom is 0.182 e. The average Bonchev–Trinajstić information content (AvgIpc) is 3.25. The van der Waals surface area contributed by atoms with Gasteiger partial charge in [-0.3, -0.25) is 0 Å². The molecule has 1 saturated heterocycles. The van der Waals surface area contributed by atoms with E-state index in [1.165, 1.54) is 5.57 Å². The summed E-state index contributed by atoms with van der Waals surface area (Å²) in [6, 6.07) is 20.8. The minimum atomic E-state index is -0.573. The van der Waals surface area contributed by atoms with Gasteiger partial charge in [0.05, 0.1) is 6.10 Å². The van der Waals surface area contributed by atoms with Gasteiger partial charge >= 0.3 is 0 Å². The maximum atomic E-state index is 6.59. The molecule has 1 aliphatic carbocycles. The first-order valence-corrected chi connectivity index (χ1v) is 8.10. The van der Waals surface area contributed by atoms with Gasteiger partial charge in [-0.25, -0.2) is 0 Å². The second-order valence-electron chi connectivity index (χ2n) is 6.07. The highest BCUT2D eigenvalue weighted by Gasteiger charge is 2.50. The number of hydrogen-bond acceptors (Lipinski definition) is 2. The third-order valence-corrected chi connectivity index (χ3v) is 4.70. The molecule has 1 aliphatic heterocycles. The Labute approximate surface area is 137 Å². The summed E-state index contributed by atoms with van der Waals surface area (Å²) in [5, 5.41) is 0. The van der Waals surface area contributed by atoms with Crippen LogP contribution in [0.3, 0.4) is 0 Å². The molecule has 0 unspecified atom stereocenters. The molecular weight excluding hydrogens is 284 g/mol. The zero-order chi connectivity index (χ0) is 15.7. The first-order valence-electron chi connectivity index (χ1n) is 8.10. The summed E-state index contributed by atoms with van der Waals surface area (Å²) < 4.78 is 12.8. The van der Waals surface area contributed by atoms with E-state index in [9.17, 15) is 0 Å². The van der Waals surface area contributed by atoms with Crippen molar-refractivity contribution in [3.05, 3.63) is 95.6 Å². The van der Waals surface area contributed by atoms with E-state index < -0.39 is 5.60 Å². The standard InChI is InChI=1S/C21H20O2/c1-16-21(18-12-4-2-5-13-18,19-14-6-3-7-15-19)23-20(22-16)17-10-8-9-11-17/h2-10,12-16,20H,11H2,1H3/t16-,20+/m0/s1. The number of hydrogen-bond donors (Lipinski definition) is 0. The van der Waals surface area contributed by atoms with Gasteiger partial charge in [-0.2, -0.15) is 0 Å².